The molecule has 24 heavy (non-hydrogen) atoms. The molecular weight excluding hydrogens is 312 g/mol. The first-order valence-corrected chi connectivity index (χ1v) is 7.07. The Morgan fingerprint density at radius 2 is 1.92 bits per heavy atom. The Kier molecular flexibility index (Phi) is 5.22. The standard InChI is InChI=1S/C17H16N2O5/c1-23-13-7-15(20)17(16(8-13)24-2)14(10-19(21)22)12-5-3-11(9-18)4-6-12/h3-8,14,20H,10H2,1-2H3/t14-/m1/s1. The number of phenolic OH excluding ortho intramolecular Hbond substituents is 1. The Balaban J connectivity index is 2.59. The molecule has 7 nitrogen and oxygen atoms in total. The summed E-state index contributed by atoms with van der Waals surface area (Å²) in [5, 5.41) is 30.3. The van der Waals surface area contributed by atoms with Gasteiger partial charge in [-0.25, -0.2) is 0 Å². The molecule has 2 aromatic carbocycles. The lowest BCUT2D eigenvalue weighted by Gasteiger charge is -2.19. The van der Waals surface area contributed by atoms with E-state index in [0.29, 0.717) is 28.2 Å². The van der Waals surface area contributed by atoms with Gasteiger partial charge < -0.3 is 14.6 Å². The van der Waals surface area contributed by atoms with Crippen molar-refractivity contribution in [2.75, 3.05) is 20.8 Å². The van der Waals surface area contributed by atoms with Crippen molar-refractivity contribution in [1.29, 1.82) is 5.26 Å². The summed E-state index contributed by atoms with van der Waals surface area (Å²) in [4.78, 5) is 10.7. The van der Waals surface area contributed by atoms with Crippen molar-refractivity contribution < 1.29 is 19.5 Å². The highest BCUT2D eigenvalue weighted by atomic mass is 16.6. The Bertz CT molecular complexity index is 781. The van der Waals surface area contributed by atoms with Crippen LogP contribution < -0.4 is 9.47 Å². The fraction of sp³-hybridized carbons (Fsp3) is 0.235. The molecule has 0 saturated heterocycles. The maximum Gasteiger partial charge on any atom is 0.214 e. The number of benzene rings is 2. The average molecular weight is 328 g/mol. The van der Waals surface area contributed by atoms with Crippen LogP contribution in [0.3, 0.4) is 0 Å². The van der Waals surface area contributed by atoms with Gasteiger partial charge in [0.25, 0.3) is 0 Å². The number of hydrogen-bond donors (Lipinski definition) is 1. The SMILES string of the molecule is COc1cc(O)c([C@H](C[N+](=O)[O-])c2ccc(C#N)cc2)c(OC)c1. The number of phenols is 1. The quantitative estimate of drug-likeness (QED) is 0.645. The van der Waals surface area contributed by atoms with Gasteiger partial charge in [0.2, 0.25) is 6.54 Å². The van der Waals surface area contributed by atoms with E-state index >= 15 is 0 Å². The Labute approximate surface area is 138 Å². The Morgan fingerprint density at radius 3 is 2.42 bits per heavy atom. The summed E-state index contributed by atoms with van der Waals surface area (Å²) < 4.78 is 10.4. The summed E-state index contributed by atoms with van der Waals surface area (Å²) in [7, 11) is 2.86. The maximum atomic E-state index is 11.1. The molecule has 124 valence electrons. The van der Waals surface area contributed by atoms with Crippen molar-refractivity contribution in [3.05, 3.63) is 63.2 Å². The van der Waals surface area contributed by atoms with E-state index in [-0.39, 0.29) is 5.75 Å². The van der Waals surface area contributed by atoms with E-state index in [2.05, 4.69) is 0 Å². The van der Waals surface area contributed by atoms with Gasteiger partial charge in [0.1, 0.15) is 17.2 Å². The third-order valence-electron chi connectivity index (χ3n) is 3.67. The second-order valence-corrected chi connectivity index (χ2v) is 5.06. The Morgan fingerprint density at radius 1 is 1.25 bits per heavy atom. The number of hydrogen-bond acceptors (Lipinski definition) is 6. The van der Waals surface area contributed by atoms with Crippen molar-refractivity contribution in [2.45, 2.75) is 5.92 Å². The van der Waals surface area contributed by atoms with Gasteiger partial charge in [-0.1, -0.05) is 12.1 Å². The van der Waals surface area contributed by atoms with Crippen molar-refractivity contribution in [3.63, 3.8) is 0 Å². The molecule has 0 fully saturated rings. The molecule has 1 N–H and O–H groups in total. The van der Waals surface area contributed by atoms with Crippen molar-refractivity contribution in [3.8, 4) is 23.3 Å². The molecule has 0 saturated carbocycles. The molecule has 0 spiro atoms. The summed E-state index contributed by atoms with van der Waals surface area (Å²) in [5.74, 6) is -0.202. The number of nitro groups is 1. The molecule has 0 amide bonds. The van der Waals surface area contributed by atoms with Gasteiger partial charge >= 0.3 is 0 Å². The number of methoxy groups -OCH3 is 2. The van der Waals surface area contributed by atoms with Crippen LogP contribution in [0.4, 0.5) is 0 Å². The minimum atomic E-state index is -0.728. The number of nitriles is 1. The van der Waals surface area contributed by atoms with Gasteiger partial charge in [-0.3, -0.25) is 10.1 Å². The molecule has 2 aromatic rings. The largest absolute Gasteiger partial charge is 0.507 e. The second-order valence-electron chi connectivity index (χ2n) is 5.06. The maximum absolute atomic E-state index is 11.1. The van der Waals surface area contributed by atoms with Crippen LogP contribution in [0.25, 0.3) is 0 Å². The lowest BCUT2D eigenvalue weighted by Crippen LogP contribution is -2.15. The first-order valence-electron chi connectivity index (χ1n) is 7.07. The minimum absolute atomic E-state index is 0.151. The molecule has 0 aliphatic rings. The van der Waals surface area contributed by atoms with Crippen molar-refractivity contribution in [2.24, 2.45) is 0 Å². The fourth-order valence-corrected chi connectivity index (χ4v) is 2.53. The molecule has 0 radical (unpaired) electrons. The molecule has 0 aromatic heterocycles. The molecule has 0 heterocycles. The van der Waals surface area contributed by atoms with Gasteiger partial charge in [-0.2, -0.15) is 5.26 Å². The minimum Gasteiger partial charge on any atom is -0.507 e. The number of aromatic hydroxyl groups is 1. The van der Waals surface area contributed by atoms with E-state index in [0.717, 1.165) is 0 Å². The average Bonchev–Trinajstić information content (AvgIpc) is 2.59. The molecule has 0 aliphatic carbocycles. The summed E-state index contributed by atoms with van der Waals surface area (Å²) in [6, 6.07) is 11.4. The monoisotopic (exact) mass is 328 g/mol. The van der Waals surface area contributed by atoms with Gasteiger partial charge in [0.15, 0.2) is 0 Å². The number of nitrogens with zero attached hydrogens (tertiary/aromatic N) is 2. The van der Waals surface area contributed by atoms with Crippen LogP contribution in [0.1, 0.15) is 22.6 Å². The van der Waals surface area contributed by atoms with Crippen LogP contribution in [0.15, 0.2) is 36.4 Å². The van der Waals surface area contributed by atoms with Gasteiger partial charge in [-0.05, 0) is 17.7 Å². The highest BCUT2D eigenvalue weighted by molar-refractivity contribution is 5.55. The molecular formula is C17H16N2O5. The first kappa shape index (κ1) is 17.1. The highest BCUT2D eigenvalue weighted by Crippen LogP contribution is 2.41. The van der Waals surface area contributed by atoms with E-state index in [1.54, 1.807) is 30.3 Å². The zero-order valence-electron chi connectivity index (χ0n) is 13.2. The van der Waals surface area contributed by atoms with E-state index in [4.69, 9.17) is 14.7 Å². The van der Waals surface area contributed by atoms with Crippen molar-refractivity contribution in [1.82, 2.24) is 0 Å². The van der Waals surface area contributed by atoms with Crippen LogP contribution in [0.5, 0.6) is 17.2 Å². The second kappa shape index (κ2) is 7.33. The van der Waals surface area contributed by atoms with Crippen LogP contribution in [-0.4, -0.2) is 30.8 Å². The molecule has 2 rings (SSSR count). The third kappa shape index (κ3) is 3.55. The first-order chi connectivity index (χ1) is 11.5. The van der Waals surface area contributed by atoms with E-state index in [9.17, 15) is 15.2 Å². The molecule has 1 atom stereocenters. The van der Waals surface area contributed by atoms with Crippen LogP contribution in [0, 0.1) is 21.4 Å². The molecule has 0 unspecified atom stereocenters. The zero-order chi connectivity index (χ0) is 17.7. The summed E-state index contributed by atoms with van der Waals surface area (Å²) in [6.07, 6.45) is 0. The molecule has 0 bridgehead atoms. The zero-order valence-corrected chi connectivity index (χ0v) is 13.2. The summed E-state index contributed by atoms with van der Waals surface area (Å²) >= 11 is 0. The summed E-state index contributed by atoms with van der Waals surface area (Å²) in [5.41, 5.74) is 1.36. The van der Waals surface area contributed by atoms with E-state index < -0.39 is 17.4 Å². The topological polar surface area (TPSA) is 106 Å². The fourth-order valence-electron chi connectivity index (χ4n) is 2.53. The van der Waals surface area contributed by atoms with Crippen LogP contribution in [0.2, 0.25) is 0 Å². The predicted molar refractivity (Wildman–Crippen MR) is 86.1 cm³/mol. The highest BCUT2D eigenvalue weighted by Gasteiger charge is 2.27. The summed E-state index contributed by atoms with van der Waals surface area (Å²) in [6.45, 7) is -0.428. The Hall–Kier alpha value is -3.27. The molecule has 7 heteroatoms. The lowest BCUT2D eigenvalue weighted by molar-refractivity contribution is -0.481. The number of ether oxygens (including phenoxy) is 2. The van der Waals surface area contributed by atoms with Gasteiger partial charge in [-0.15, -0.1) is 0 Å². The predicted octanol–water partition coefficient (Wildman–Crippen LogP) is 2.69. The van der Waals surface area contributed by atoms with Gasteiger partial charge in [0, 0.05) is 17.1 Å². The van der Waals surface area contributed by atoms with E-state index in [1.807, 2.05) is 6.07 Å². The molecule has 0 aliphatic heterocycles. The number of rotatable bonds is 6. The van der Waals surface area contributed by atoms with Crippen LogP contribution >= 0.6 is 0 Å². The van der Waals surface area contributed by atoms with E-state index in [1.165, 1.54) is 20.3 Å². The van der Waals surface area contributed by atoms with Crippen molar-refractivity contribution >= 4 is 0 Å². The smallest absolute Gasteiger partial charge is 0.214 e. The normalized spacial score (nSPS) is 11.4. The van der Waals surface area contributed by atoms with Crippen LogP contribution in [-0.2, 0) is 0 Å². The lowest BCUT2D eigenvalue weighted by atomic mass is 9.89. The third-order valence-corrected chi connectivity index (χ3v) is 3.67. The van der Waals surface area contributed by atoms with Gasteiger partial charge in [0.05, 0.1) is 37.3 Å².